The van der Waals surface area contributed by atoms with E-state index in [2.05, 4.69) is 4.99 Å². The molecule has 8 nitrogen and oxygen atoms in total. The normalized spacial score (nSPS) is 15.3. The summed E-state index contributed by atoms with van der Waals surface area (Å²) in [5, 5.41) is 0. The number of carbonyl (C=O) groups is 1. The number of rotatable bonds is 8. The molecule has 0 saturated carbocycles. The summed E-state index contributed by atoms with van der Waals surface area (Å²) in [5.41, 5.74) is 2.14. The van der Waals surface area contributed by atoms with E-state index in [0.29, 0.717) is 37.9 Å². The summed E-state index contributed by atoms with van der Waals surface area (Å²) in [7, 11) is 3.13. The van der Waals surface area contributed by atoms with Crippen LogP contribution in [0.2, 0.25) is 0 Å². The van der Waals surface area contributed by atoms with Crippen molar-refractivity contribution in [1.82, 2.24) is 4.57 Å². The SMILES string of the molecule is CCOC(=O)C1=C(C)N=c2sc(=Cc3ccc(OC)c(OC)c3)c(=O)n2[C@H]1c1ccc(OC(C)C)cc1. The third-order valence-corrected chi connectivity index (χ3v) is 6.77. The Kier molecular flexibility index (Phi) is 7.83. The van der Waals surface area contributed by atoms with Gasteiger partial charge in [-0.25, -0.2) is 9.79 Å². The minimum atomic E-state index is -0.684. The summed E-state index contributed by atoms with van der Waals surface area (Å²) < 4.78 is 23.9. The minimum Gasteiger partial charge on any atom is -0.493 e. The van der Waals surface area contributed by atoms with E-state index in [-0.39, 0.29) is 18.3 Å². The van der Waals surface area contributed by atoms with Crippen molar-refractivity contribution < 1.29 is 23.7 Å². The van der Waals surface area contributed by atoms with Crippen LogP contribution < -0.4 is 29.1 Å². The first kappa shape index (κ1) is 26.2. The predicted octanol–water partition coefficient (Wildman–Crippen LogP) is 3.60. The predicted molar refractivity (Wildman–Crippen MR) is 142 cm³/mol. The van der Waals surface area contributed by atoms with Crippen LogP contribution in [0, 0.1) is 0 Å². The van der Waals surface area contributed by atoms with Crippen molar-refractivity contribution in [3.8, 4) is 17.2 Å². The molecule has 1 aromatic heterocycles. The van der Waals surface area contributed by atoms with E-state index in [1.54, 1.807) is 50.8 Å². The quantitative estimate of drug-likeness (QED) is 0.420. The maximum Gasteiger partial charge on any atom is 0.338 e. The molecule has 0 amide bonds. The highest BCUT2D eigenvalue weighted by atomic mass is 32.1. The summed E-state index contributed by atoms with van der Waals surface area (Å²) in [5.74, 6) is 1.37. The number of benzene rings is 2. The molecule has 3 aromatic rings. The summed E-state index contributed by atoms with van der Waals surface area (Å²) in [4.78, 5) is 31.9. The highest BCUT2D eigenvalue weighted by molar-refractivity contribution is 7.07. The topological polar surface area (TPSA) is 88.4 Å². The first-order valence-corrected chi connectivity index (χ1v) is 12.8. The van der Waals surface area contributed by atoms with Gasteiger partial charge < -0.3 is 18.9 Å². The molecular weight excluding hydrogens is 492 g/mol. The molecule has 2 heterocycles. The molecule has 0 unspecified atom stereocenters. The highest BCUT2D eigenvalue weighted by Crippen LogP contribution is 2.32. The molecule has 2 aromatic carbocycles. The van der Waals surface area contributed by atoms with Crippen LogP contribution in [-0.2, 0) is 9.53 Å². The summed E-state index contributed by atoms with van der Waals surface area (Å²) in [6.07, 6.45) is 1.81. The standard InChI is InChI=1S/C28H30N2O6S/c1-7-35-27(32)24-17(4)29-28-30(25(24)19-9-11-20(12-10-19)36-16(2)3)26(31)23(37-28)15-18-8-13-21(33-5)22(14-18)34-6/h8-16,25H,7H2,1-6H3/t25-/m0/s1. The average Bonchev–Trinajstić information content (AvgIpc) is 3.17. The summed E-state index contributed by atoms with van der Waals surface area (Å²) in [6, 6.07) is 12.2. The monoisotopic (exact) mass is 522 g/mol. The van der Waals surface area contributed by atoms with Crippen LogP contribution >= 0.6 is 11.3 Å². The summed E-state index contributed by atoms with van der Waals surface area (Å²) in [6.45, 7) is 7.64. The number of thiazole rings is 1. The molecule has 1 atom stereocenters. The highest BCUT2D eigenvalue weighted by Gasteiger charge is 2.33. The maximum absolute atomic E-state index is 13.8. The largest absolute Gasteiger partial charge is 0.493 e. The second kappa shape index (κ2) is 11.0. The lowest BCUT2D eigenvalue weighted by molar-refractivity contribution is -0.139. The van der Waals surface area contributed by atoms with Gasteiger partial charge in [0, 0.05) is 0 Å². The summed E-state index contributed by atoms with van der Waals surface area (Å²) >= 11 is 1.27. The van der Waals surface area contributed by atoms with E-state index in [1.165, 1.54) is 11.3 Å². The number of aromatic nitrogens is 1. The van der Waals surface area contributed by atoms with E-state index < -0.39 is 12.0 Å². The molecule has 0 radical (unpaired) electrons. The Bertz CT molecular complexity index is 1520. The Hall–Kier alpha value is -3.85. The Morgan fingerprint density at radius 1 is 1.11 bits per heavy atom. The van der Waals surface area contributed by atoms with Gasteiger partial charge in [-0.15, -0.1) is 0 Å². The van der Waals surface area contributed by atoms with E-state index in [1.807, 2.05) is 44.2 Å². The molecule has 0 saturated heterocycles. The van der Waals surface area contributed by atoms with Gasteiger partial charge in [0.05, 0.1) is 48.8 Å². The van der Waals surface area contributed by atoms with Crippen molar-refractivity contribution in [2.45, 2.75) is 39.8 Å². The van der Waals surface area contributed by atoms with Crippen molar-refractivity contribution in [2.24, 2.45) is 4.99 Å². The van der Waals surface area contributed by atoms with Crippen LogP contribution in [0.3, 0.4) is 0 Å². The minimum absolute atomic E-state index is 0.0253. The zero-order valence-corrected chi connectivity index (χ0v) is 22.5. The van der Waals surface area contributed by atoms with Crippen molar-refractivity contribution in [2.75, 3.05) is 20.8 Å². The van der Waals surface area contributed by atoms with E-state index >= 15 is 0 Å². The van der Waals surface area contributed by atoms with Crippen molar-refractivity contribution in [1.29, 1.82) is 0 Å². The molecule has 0 N–H and O–H groups in total. The fraction of sp³-hybridized carbons (Fsp3) is 0.321. The number of esters is 1. The van der Waals surface area contributed by atoms with Gasteiger partial charge in [0.25, 0.3) is 5.56 Å². The second-order valence-corrected chi connectivity index (χ2v) is 9.66. The average molecular weight is 523 g/mol. The van der Waals surface area contributed by atoms with E-state index in [9.17, 15) is 9.59 Å². The van der Waals surface area contributed by atoms with Gasteiger partial charge in [0.1, 0.15) is 5.75 Å². The zero-order chi connectivity index (χ0) is 26.7. The number of carbonyl (C=O) groups excluding carboxylic acids is 1. The number of allylic oxidation sites excluding steroid dienone is 1. The molecule has 1 aliphatic rings. The molecule has 0 spiro atoms. The Balaban J connectivity index is 1.88. The molecule has 194 valence electrons. The molecule has 9 heteroatoms. The Labute approximate surface area is 219 Å². The Morgan fingerprint density at radius 3 is 2.43 bits per heavy atom. The number of fused-ring (bicyclic) bond motifs is 1. The smallest absolute Gasteiger partial charge is 0.338 e. The Morgan fingerprint density at radius 2 is 1.81 bits per heavy atom. The van der Waals surface area contributed by atoms with Gasteiger partial charge in [-0.1, -0.05) is 29.5 Å². The third kappa shape index (κ3) is 5.32. The maximum atomic E-state index is 13.8. The van der Waals surface area contributed by atoms with Crippen LogP contribution in [0.4, 0.5) is 0 Å². The van der Waals surface area contributed by atoms with Gasteiger partial charge in [-0.05, 0) is 69.2 Å². The second-order valence-electron chi connectivity index (χ2n) is 8.65. The van der Waals surface area contributed by atoms with Gasteiger partial charge >= 0.3 is 5.97 Å². The third-order valence-electron chi connectivity index (χ3n) is 5.79. The van der Waals surface area contributed by atoms with Crippen molar-refractivity contribution in [3.05, 3.63) is 84.5 Å². The zero-order valence-electron chi connectivity index (χ0n) is 21.7. The molecule has 0 bridgehead atoms. The molecule has 1 aliphatic heterocycles. The molecule has 0 aliphatic carbocycles. The molecule has 0 fully saturated rings. The lowest BCUT2D eigenvalue weighted by Gasteiger charge is -2.25. The molecule has 37 heavy (non-hydrogen) atoms. The van der Waals surface area contributed by atoms with E-state index in [0.717, 1.165) is 11.1 Å². The van der Waals surface area contributed by atoms with Gasteiger partial charge in [0.2, 0.25) is 0 Å². The number of methoxy groups -OCH3 is 2. The number of ether oxygens (including phenoxy) is 4. The van der Waals surface area contributed by atoms with E-state index in [4.69, 9.17) is 18.9 Å². The van der Waals surface area contributed by atoms with Crippen LogP contribution in [0.1, 0.15) is 44.9 Å². The molecule has 4 rings (SSSR count). The van der Waals surface area contributed by atoms with Crippen LogP contribution in [0.15, 0.2) is 63.5 Å². The van der Waals surface area contributed by atoms with Crippen molar-refractivity contribution >= 4 is 23.4 Å². The number of nitrogens with zero attached hydrogens (tertiary/aromatic N) is 2. The van der Waals surface area contributed by atoms with Crippen LogP contribution in [0.5, 0.6) is 17.2 Å². The number of hydrogen-bond acceptors (Lipinski definition) is 8. The van der Waals surface area contributed by atoms with Gasteiger partial charge in [0.15, 0.2) is 16.3 Å². The fourth-order valence-corrected chi connectivity index (χ4v) is 5.25. The van der Waals surface area contributed by atoms with Gasteiger partial charge in [-0.3, -0.25) is 9.36 Å². The first-order valence-electron chi connectivity index (χ1n) is 12.0. The molecular formula is C28H30N2O6S. The first-order chi connectivity index (χ1) is 17.8. The van der Waals surface area contributed by atoms with Crippen molar-refractivity contribution in [3.63, 3.8) is 0 Å². The lowest BCUT2D eigenvalue weighted by atomic mass is 9.96. The lowest BCUT2D eigenvalue weighted by Crippen LogP contribution is -2.39. The van der Waals surface area contributed by atoms with Crippen LogP contribution in [0.25, 0.3) is 6.08 Å². The fourth-order valence-electron chi connectivity index (χ4n) is 4.20. The number of hydrogen-bond donors (Lipinski definition) is 0. The van der Waals surface area contributed by atoms with Crippen LogP contribution in [-0.4, -0.2) is 37.5 Å². The van der Waals surface area contributed by atoms with Gasteiger partial charge in [-0.2, -0.15) is 0 Å².